The van der Waals surface area contributed by atoms with E-state index in [2.05, 4.69) is 10.3 Å². The molecule has 0 atom stereocenters. The van der Waals surface area contributed by atoms with Gasteiger partial charge >= 0.3 is 5.97 Å². The fourth-order valence-electron chi connectivity index (χ4n) is 3.48. The zero-order valence-electron chi connectivity index (χ0n) is 14.0. The molecule has 3 rings (SSSR count). The molecule has 1 heterocycles. The number of para-hydroxylation sites is 1. The molecule has 2 aromatic rings. The Morgan fingerprint density at radius 3 is 2.79 bits per heavy atom. The Kier molecular flexibility index (Phi) is 5.00. The molecule has 0 bridgehead atoms. The Morgan fingerprint density at radius 1 is 1.33 bits per heavy atom. The molecule has 0 aliphatic heterocycles. The smallest absolute Gasteiger partial charge is 0.313 e. The summed E-state index contributed by atoms with van der Waals surface area (Å²) in [5.41, 5.74) is 1.13. The Balaban J connectivity index is 1.84. The molecule has 1 fully saturated rings. The molecular formula is C19H24N2O3. The van der Waals surface area contributed by atoms with Crippen molar-refractivity contribution >= 4 is 22.7 Å². The summed E-state index contributed by atoms with van der Waals surface area (Å²) in [4.78, 5) is 17.0. The van der Waals surface area contributed by atoms with E-state index < -0.39 is 5.41 Å². The molecule has 0 radical (unpaired) electrons. The number of aliphatic hydroxyl groups is 1. The number of rotatable bonds is 6. The molecule has 1 aliphatic carbocycles. The summed E-state index contributed by atoms with van der Waals surface area (Å²) in [5, 5.41) is 14.0. The first-order valence-electron chi connectivity index (χ1n) is 8.59. The predicted molar refractivity (Wildman–Crippen MR) is 93.7 cm³/mol. The van der Waals surface area contributed by atoms with Crippen LogP contribution in [-0.2, 0) is 16.1 Å². The highest BCUT2D eigenvalue weighted by atomic mass is 16.5. The fraction of sp³-hybridized carbons (Fsp3) is 0.474. The maximum absolute atomic E-state index is 12.4. The number of hydrogen-bond acceptors (Lipinski definition) is 5. The van der Waals surface area contributed by atoms with Crippen molar-refractivity contribution in [1.29, 1.82) is 0 Å². The summed E-state index contributed by atoms with van der Waals surface area (Å²) in [6.07, 6.45) is 3.75. The Bertz CT molecular complexity index is 724. The Labute approximate surface area is 142 Å². The molecule has 0 amide bonds. The number of aliphatic hydroxyl groups excluding tert-OH is 1. The summed E-state index contributed by atoms with van der Waals surface area (Å²) < 4.78 is 5.30. The first kappa shape index (κ1) is 16.7. The minimum Gasteiger partial charge on any atom is -0.466 e. The lowest BCUT2D eigenvalue weighted by atomic mass is 9.86. The van der Waals surface area contributed by atoms with E-state index in [9.17, 15) is 9.90 Å². The van der Waals surface area contributed by atoms with Crippen LogP contribution in [-0.4, -0.2) is 29.2 Å². The van der Waals surface area contributed by atoms with Gasteiger partial charge in [0.1, 0.15) is 5.82 Å². The summed E-state index contributed by atoms with van der Waals surface area (Å²) in [6, 6.07) is 9.75. The zero-order valence-corrected chi connectivity index (χ0v) is 14.0. The van der Waals surface area contributed by atoms with E-state index in [0.29, 0.717) is 19.0 Å². The highest BCUT2D eigenvalue weighted by Crippen LogP contribution is 2.39. The molecule has 5 heteroatoms. The van der Waals surface area contributed by atoms with Gasteiger partial charge in [-0.2, -0.15) is 0 Å². The van der Waals surface area contributed by atoms with Crippen LogP contribution in [0.1, 0.15) is 38.2 Å². The van der Waals surface area contributed by atoms with Crippen molar-refractivity contribution in [2.75, 3.05) is 18.5 Å². The summed E-state index contributed by atoms with van der Waals surface area (Å²) in [6.45, 7) is 2.64. The Morgan fingerprint density at radius 2 is 2.08 bits per heavy atom. The largest absolute Gasteiger partial charge is 0.466 e. The molecule has 0 saturated heterocycles. The topological polar surface area (TPSA) is 71.5 Å². The van der Waals surface area contributed by atoms with Crippen molar-refractivity contribution in [2.45, 2.75) is 39.2 Å². The van der Waals surface area contributed by atoms with Gasteiger partial charge in [-0.1, -0.05) is 31.0 Å². The quantitative estimate of drug-likeness (QED) is 0.796. The van der Waals surface area contributed by atoms with Gasteiger partial charge in [0, 0.05) is 17.5 Å². The van der Waals surface area contributed by atoms with Gasteiger partial charge in [0.05, 0.1) is 24.1 Å². The zero-order chi connectivity index (χ0) is 17.0. The molecule has 2 N–H and O–H groups in total. The van der Waals surface area contributed by atoms with Crippen LogP contribution in [0.15, 0.2) is 30.3 Å². The van der Waals surface area contributed by atoms with Gasteiger partial charge in [-0.05, 0) is 31.9 Å². The molecule has 0 unspecified atom stereocenters. The van der Waals surface area contributed by atoms with E-state index in [1.165, 1.54) is 0 Å². The molecular weight excluding hydrogens is 304 g/mol. The van der Waals surface area contributed by atoms with Crippen LogP contribution in [0.4, 0.5) is 5.82 Å². The van der Waals surface area contributed by atoms with Gasteiger partial charge in [-0.25, -0.2) is 4.98 Å². The highest BCUT2D eigenvalue weighted by Gasteiger charge is 2.42. The summed E-state index contributed by atoms with van der Waals surface area (Å²) >= 11 is 0. The number of benzene rings is 1. The number of fused-ring (bicyclic) bond motifs is 1. The standard InChI is InChI=1S/C19H24N2O3/c1-2-24-18(23)19(9-5-6-10-19)13-20-17-15(12-22)11-14-7-3-4-8-16(14)21-17/h3-4,7-8,11,22H,2,5-6,9-10,12-13H2,1H3,(H,20,21). The third kappa shape index (κ3) is 3.22. The Hall–Kier alpha value is -2.14. The molecule has 1 aromatic carbocycles. The molecule has 24 heavy (non-hydrogen) atoms. The number of anilines is 1. The van der Waals surface area contributed by atoms with Gasteiger partial charge in [-0.15, -0.1) is 0 Å². The molecule has 1 aliphatic rings. The first-order chi connectivity index (χ1) is 11.7. The number of pyridine rings is 1. The van der Waals surface area contributed by atoms with Crippen molar-refractivity contribution in [3.05, 3.63) is 35.9 Å². The number of ether oxygens (including phenoxy) is 1. The van der Waals surface area contributed by atoms with Crippen LogP contribution in [0.5, 0.6) is 0 Å². The molecule has 1 saturated carbocycles. The molecule has 128 valence electrons. The average Bonchev–Trinajstić information content (AvgIpc) is 3.09. The maximum atomic E-state index is 12.4. The maximum Gasteiger partial charge on any atom is 0.313 e. The predicted octanol–water partition coefficient (Wildman–Crippen LogP) is 3.26. The minimum atomic E-state index is -0.476. The van der Waals surface area contributed by atoms with Crippen LogP contribution in [0.25, 0.3) is 10.9 Å². The molecule has 5 nitrogen and oxygen atoms in total. The molecule has 1 aromatic heterocycles. The van der Waals surface area contributed by atoms with Gasteiger partial charge in [0.2, 0.25) is 0 Å². The SMILES string of the molecule is CCOC(=O)C1(CNc2nc3ccccc3cc2CO)CCCC1. The van der Waals surface area contributed by atoms with Crippen molar-refractivity contribution in [2.24, 2.45) is 5.41 Å². The third-order valence-electron chi connectivity index (χ3n) is 4.84. The number of nitrogens with zero attached hydrogens (tertiary/aromatic N) is 1. The van der Waals surface area contributed by atoms with Gasteiger partial charge in [0.15, 0.2) is 0 Å². The summed E-state index contributed by atoms with van der Waals surface area (Å²) in [7, 11) is 0. The summed E-state index contributed by atoms with van der Waals surface area (Å²) in [5.74, 6) is 0.521. The third-order valence-corrected chi connectivity index (χ3v) is 4.84. The number of nitrogens with one attached hydrogen (secondary N) is 1. The van der Waals surface area contributed by atoms with E-state index >= 15 is 0 Å². The molecule has 0 spiro atoms. The first-order valence-corrected chi connectivity index (χ1v) is 8.59. The number of hydrogen-bond donors (Lipinski definition) is 2. The van der Waals surface area contributed by atoms with E-state index in [-0.39, 0.29) is 12.6 Å². The number of esters is 1. The second-order valence-corrected chi connectivity index (χ2v) is 6.41. The van der Waals surface area contributed by atoms with Crippen molar-refractivity contribution in [3.63, 3.8) is 0 Å². The monoisotopic (exact) mass is 328 g/mol. The highest BCUT2D eigenvalue weighted by molar-refractivity contribution is 5.82. The van der Waals surface area contributed by atoms with Gasteiger partial charge < -0.3 is 15.2 Å². The number of carbonyl (C=O) groups excluding carboxylic acids is 1. The lowest BCUT2D eigenvalue weighted by Crippen LogP contribution is -2.37. The second kappa shape index (κ2) is 7.18. The average molecular weight is 328 g/mol. The van der Waals surface area contributed by atoms with Gasteiger partial charge in [0.25, 0.3) is 0 Å². The van der Waals surface area contributed by atoms with Crippen LogP contribution in [0.3, 0.4) is 0 Å². The van der Waals surface area contributed by atoms with Crippen molar-refractivity contribution in [3.8, 4) is 0 Å². The van der Waals surface area contributed by atoms with Crippen LogP contribution >= 0.6 is 0 Å². The lowest BCUT2D eigenvalue weighted by molar-refractivity contribution is -0.154. The van der Waals surface area contributed by atoms with Crippen LogP contribution in [0.2, 0.25) is 0 Å². The van der Waals surface area contributed by atoms with Gasteiger partial charge in [-0.3, -0.25) is 4.79 Å². The van der Waals surface area contributed by atoms with Crippen molar-refractivity contribution in [1.82, 2.24) is 4.98 Å². The van der Waals surface area contributed by atoms with E-state index in [1.807, 2.05) is 37.3 Å². The van der Waals surface area contributed by atoms with Crippen LogP contribution < -0.4 is 5.32 Å². The van der Waals surface area contributed by atoms with E-state index in [4.69, 9.17) is 4.74 Å². The number of aromatic nitrogens is 1. The fourth-order valence-corrected chi connectivity index (χ4v) is 3.48. The van der Waals surface area contributed by atoms with Crippen molar-refractivity contribution < 1.29 is 14.6 Å². The normalized spacial score (nSPS) is 16.2. The van der Waals surface area contributed by atoms with E-state index in [1.54, 1.807) is 0 Å². The van der Waals surface area contributed by atoms with E-state index in [0.717, 1.165) is 42.1 Å². The number of carbonyl (C=O) groups is 1. The minimum absolute atomic E-state index is 0.0907. The second-order valence-electron chi connectivity index (χ2n) is 6.41. The lowest BCUT2D eigenvalue weighted by Gasteiger charge is -2.27. The van der Waals surface area contributed by atoms with Crippen LogP contribution in [0, 0.1) is 5.41 Å².